The number of hydrogen-bond donors (Lipinski definition) is 0. The average Bonchev–Trinajstić information content (AvgIpc) is 2.38. The van der Waals surface area contributed by atoms with Gasteiger partial charge < -0.3 is 4.90 Å². The van der Waals surface area contributed by atoms with Gasteiger partial charge in [0.25, 0.3) is 5.91 Å². The van der Waals surface area contributed by atoms with Gasteiger partial charge >= 0.3 is 0 Å². The number of hydrogen-bond acceptors (Lipinski definition) is 1. The van der Waals surface area contributed by atoms with Crippen LogP contribution >= 0.6 is 22.6 Å². The van der Waals surface area contributed by atoms with E-state index in [1.807, 2.05) is 24.3 Å². The van der Waals surface area contributed by atoms with E-state index in [1.165, 1.54) is 12.8 Å². The first-order chi connectivity index (χ1) is 8.61. The largest absolute Gasteiger partial charge is 0.336 e. The van der Waals surface area contributed by atoms with Crippen molar-refractivity contribution in [3.8, 4) is 0 Å². The van der Waals surface area contributed by atoms with Crippen LogP contribution in [0.3, 0.4) is 0 Å². The molecule has 0 saturated carbocycles. The van der Waals surface area contributed by atoms with Gasteiger partial charge in [0.05, 0.1) is 0 Å². The van der Waals surface area contributed by atoms with E-state index in [1.54, 1.807) is 0 Å². The van der Waals surface area contributed by atoms with Gasteiger partial charge in [0.2, 0.25) is 0 Å². The van der Waals surface area contributed by atoms with Gasteiger partial charge in [-0.25, -0.2) is 0 Å². The SMILES string of the molecule is CCC1CCC(C)N(C(=O)c2cccc(I)c2)C1. The van der Waals surface area contributed by atoms with Crippen LogP contribution in [0.15, 0.2) is 24.3 Å². The molecule has 1 aliphatic rings. The first-order valence-electron chi connectivity index (χ1n) is 6.68. The van der Waals surface area contributed by atoms with Crippen LogP contribution in [0.5, 0.6) is 0 Å². The zero-order chi connectivity index (χ0) is 13.1. The molecule has 1 saturated heterocycles. The van der Waals surface area contributed by atoms with Crippen LogP contribution in [-0.2, 0) is 0 Å². The van der Waals surface area contributed by atoms with E-state index in [0.29, 0.717) is 12.0 Å². The van der Waals surface area contributed by atoms with Crippen LogP contribution in [0.2, 0.25) is 0 Å². The summed E-state index contributed by atoms with van der Waals surface area (Å²) < 4.78 is 1.12. The number of amides is 1. The summed E-state index contributed by atoms with van der Waals surface area (Å²) in [7, 11) is 0. The molecule has 1 amide bonds. The maximum absolute atomic E-state index is 12.5. The molecule has 0 spiro atoms. The predicted molar refractivity (Wildman–Crippen MR) is 82.7 cm³/mol. The molecule has 1 aromatic carbocycles. The van der Waals surface area contributed by atoms with Crippen LogP contribution < -0.4 is 0 Å². The molecule has 2 unspecified atom stereocenters. The summed E-state index contributed by atoms with van der Waals surface area (Å²) in [6.45, 7) is 5.30. The summed E-state index contributed by atoms with van der Waals surface area (Å²) in [5.41, 5.74) is 0.825. The summed E-state index contributed by atoms with van der Waals surface area (Å²) >= 11 is 2.26. The maximum atomic E-state index is 12.5. The molecule has 1 aromatic rings. The van der Waals surface area contributed by atoms with Gasteiger partial charge in [0.15, 0.2) is 0 Å². The summed E-state index contributed by atoms with van der Waals surface area (Å²) in [6.07, 6.45) is 3.56. The quantitative estimate of drug-likeness (QED) is 0.735. The lowest BCUT2D eigenvalue weighted by Crippen LogP contribution is -2.45. The third kappa shape index (κ3) is 3.05. The van der Waals surface area contributed by atoms with Crippen molar-refractivity contribution in [1.82, 2.24) is 4.90 Å². The van der Waals surface area contributed by atoms with Crippen LogP contribution in [0.1, 0.15) is 43.5 Å². The fraction of sp³-hybridized carbons (Fsp3) is 0.533. The van der Waals surface area contributed by atoms with Crippen LogP contribution in [-0.4, -0.2) is 23.4 Å². The Balaban J connectivity index is 2.16. The van der Waals surface area contributed by atoms with E-state index >= 15 is 0 Å². The number of carbonyl (C=O) groups excluding carboxylic acids is 1. The zero-order valence-corrected chi connectivity index (χ0v) is 13.2. The first kappa shape index (κ1) is 13.8. The van der Waals surface area contributed by atoms with Crippen LogP contribution in [0, 0.1) is 9.49 Å². The third-order valence-electron chi connectivity index (χ3n) is 3.89. The smallest absolute Gasteiger partial charge is 0.254 e. The van der Waals surface area contributed by atoms with Crippen molar-refractivity contribution in [2.75, 3.05) is 6.54 Å². The minimum Gasteiger partial charge on any atom is -0.336 e. The maximum Gasteiger partial charge on any atom is 0.254 e. The lowest BCUT2D eigenvalue weighted by Gasteiger charge is -2.38. The molecule has 2 nitrogen and oxygen atoms in total. The summed E-state index contributed by atoms with van der Waals surface area (Å²) in [5, 5.41) is 0. The predicted octanol–water partition coefficient (Wildman–Crippen LogP) is 3.94. The Hall–Kier alpha value is -0.580. The molecule has 1 heterocycles. The molecule has 1 aliphatic heterocycles. The van der Waals surface area contributed by atoms with Crippen molar-refractivity contribution in [3.63, 3.8) is 0 Å². The molecule has 1 fully saturated rings. The highest BCUT2D eigenvalue weighted by Gasteiger charge is 2.28. The molecular weight excluding hydrogens is 337 g/mol. The third-order valence-corrected chi connectivity index (χ3v) is 4.56. The van der Waals surface area contributed by atoms with Gasteiger partial charge in [0, 0.05) is 21.7 Å². The van der Waals surface area contributed by atoms with Gasteiger partial charge in [-0.2, -0.15) is 0 Å². The second-order valence-corrected chi connectivity index (χ2v) is 6.41. The second-order valence-electron chi connectivity index (χ2n) is 5.17. The minimum absolute atomic E-state index is 0.194. The summed E-state index contributed by atoms with van der Waals surface area (Å²) in [4.78, 5) is 14.6. The Morgan fingerprint density at radius 2 is 2.22 bits per heavy atom. The molecule has 0 aliphatic carbocycles. The number of likely N-dealkylation sites (tertiary alicyclic amines) is 1. The average molecular weight is 357 g/mol. The molecule has 2 rings (SSSR count). The molecule has 2 atom stereocenters. The first-order valence-corrected chi connectivity index (χ1v) is 7.76. The molecule has 18 heavy (non-hydrogen) atoms. The second kappa shape index (κ2) is 6.04. The van der Waals surface area contributed by atoms with Gasteiger partial charge in [-0.1, -0.05) is 19.4 Å². The van der Waals surface area contributed by atoms with E-state index in [4.69, 9.17) is 0 Å². The van der Waals surface area contributed by atoms with Crippen molar-refractivity contribution in [1.29, 1.82) is 0 Å². The molecule has 98 valence electrons. The Labute approximate surface area is 123 Å². The molecule has 3 heteroatoms. The van der Waals surface area contributed by atoms with Gasteiger partial charge in [-0.15, -0.1) is 0 Å². The Morgan fingerprint density at radius 3 is 2.89 bits per heavy atom. The van der Waals surface area contributed by atoms with E-state index in [2.05, 4.69) is 41.3 Å². The van der Waals surface area contributed by atoms with Crippen molar-refractivity contribution < 1.29 is 4.79 Å². The molecule has 0 N–H and O–H groups in total. The monoisotopic (exact) mass is 357 g/mol. The number of benzene rings is 1. The van der Waals surface area contributed by atoms with Crippen LogP contribution in [0.4, 0.5) is 0 Å². The zero-order valence-electron chi connectivity index (χ0n) is 11.0. The van der Waals surface area contributed by atoms with Gasteiger partial charge in [0.1, 0.15) is 0 Å². The normalized spacial score (nSPS) is 24.1. The number of nitrogens with zero attached hydrogens (tertiary/aromatic N) is 1. The lowest BCUT2D eigenvalue weighted by molar-refractivity contribution is 0.0556. The standard InChI is InChI=1S/C15H20INO/c1-3-12-8-7-11(2)17(10-12)15(18)13-5-4-6-14(16)9-13/h4-6,9,11-12H,3,7-8,10H2,1-2H3. The number of piperidine rings is 1. The fourth-order valence-electron chi connectivity index (χ4n) is 2.59. The molecule has 0 radical (unpaired) electrons. The van der Waals surface area contributed by atoms with E-state index in [9.17, 15) is 4.79 Å². The summed E-state index contributed by atoms with van der Waals surface area (Å²) in [6, 6.07) is 8.25. The van der Waals surface area contributed by atoms with E-state index < -0.39 is 0 Å². The van der Waals surface area contributed by atoms with Crippen molar-refractivity contribution >= 4 is 28.5 Å². The van der Waals surface area contributed by atoms with Gasteiger partial charge in [-0.3, -0.25) is 4.79 Å². The Morgan fingerprint density at radius 1 is 1.44 bits per heavy atom. The fourth-order valence-corrected chi connectivity index (χ4v) is 3.13. The number of rotatable bonds is 2. The molecule has 0 bridgehead atoms. The highest BCUT2D eigenvalue weighted by Crippen LogP contribution is 2.25. The topological polar surface area (TPSA) is 20.3 Å². The highest BCUT2D eigenvalue weighted by atomic mass is 127. The lowest BCUT2D eigenvalue weighted by atomic mass is 9.91. The van der Waals surface area contributed by atoms with Crippen molar-refractivity contribution in [2.24, 2.45) is 5.92 Å². The highest BCUT2D eigenvalue weighted by molar-refractivity contribution is 14.1. The number of carbonyl (C=O) groups is 1. The minimum atomic E-state index is 0.194. The van der Waals surface area contributed by atoms with Gasteiger partial charge in [-0.05, 0) is 66.5 Å². The van der Waals surface area contributed by atoms with Crippen molar-refractivity contribution in [2.45, 2.75) is 39.2 Å². The molecular formula is C15H20INO. The molecule has 0 aromatic heterocycles. The van der Waals surface area contributed by atoms with E-state index in [0.717, 1.165) is 22.1 Å². The Kier molecular flexibility index (Phi) is 4.65. The van der Waals surface area contributed by atoms with Crippen molar-refractivity contribution in [3.05, 3.63) is 33.4 Å². The van der Waals surface area contributed by atoms with E-state index in [-0.39, 0.29) is 5.91 Å². The Bertz CT molecular complexity index is 432. The number of halogens is 1. The van der Waals surface area contributed by atoms with Crippen LogP contribution in [0.25, 0.3) is 0 Å². The summed E-state index contributed by atoms with van der Waals surface area (Å²) in [5.74, 6) is 0.868.